The zero-order chi connectivity index (χ0) is 22.1. The maximum atomic E-state index is 16.0. The van der Waals surface area contributed by atoms with Crippen LogP contribution in [0.1, 0.15) is 31.2 Å². The number of pyridine rings is 1. The van der Waals surface area contributed by atoms with Gasteiger partial charge in [-0.15, -0.1) is 0 Å². The third-order valence-corrected chi connectivity index (χ3v) is 6.81. The molecule has 5 rings (SSSR count). The summed E-state index contributed by atoms with van der Waals surface area (Å²) in [4.78, 5) is 22.0. The molecule has 2 fully saturated rings. The van der Waals surface area contributed by atoms with Gasteiger partial charge in [-0.25, -0.2) is 9.37 Å². The molecule has 3 aliphatic rings. The van der Waals surface area contributed by atoms with Gasteiger partial charge in [-0.3, -0.25) is 4.79 Å². The second-order valence-corrected chi connectivity index (χ2v) is 8.73. The van der Waals surface area contributed by atoms with E-state index in [1.165, 1.54) is 0 Å². The van der Waals surface area contributed by atoms with Crippen LogP contribution in [0.25, 0.3) is 0 Å². The molecular formula is C24H29FN4O3. The van der Waals surface area contributed by atoms with Crippen LogP contribution in [-0.4, -0.2) is 56.1 Å². The van der Waals surface area contributed by atoms with Crippen LogP contribution in [0.15, 0.2) is 36.5 Å². The van der Waals surface area contributed by atoms with Gasteiger partial charge in [-0.05, 0) is 49.9 Å². The smallest absolute Gasteiger partial charge is 0.265 e. The van der Waals surface area contributed by atoms with Crippen LogP contribution >= 0.6 is 0 Å². The number of hydrogen-bond donors (Lipinski definition) is 1. The molecule has 170 valence electrons. The first kappa shape index (κ1) is 21.2. The monoisotopic (exact) mass is 440 g/mol. The molecule has 1 aromatic heterocycles. The largest absolute Gasteiger partial charge is 0.381 e. The first-order valence-electron chi connectivity index (χ1n) is 11.3. The third kappa shape index (κ3) is 3.93. The Kier molecular flexibility index (Phi) is 5.73. The van der Waals surface area contributed by atoms with Crippen LogP contribution in [-0.2, 0) is 20.8 Å². The highest BCUT2D eigenvalue weighted by Gasteiger charge is 2.46. The number of alkyl halides is 1. The number of benzene rings is 1. The van der Waals surface area contributed by atoms with Crippen molar-refractivity contribution in [1.82, 2.24) is 4.98 Å². The fraction of sp³-hybridized carbons (Fsp3) is 0.500. The number of halogens is 1. The molecule has 1 aliphatic carbocycles. The number of anilines is 4. The first-order chi connectivity index (χ1) is 15.6. The summed E-state index contributed by atoms with van der Waals surface area (Å²) in [6, 6.07) is 9.74. The first-order valence-corrected chi connectivity index (χ1v) is 11.3. The number of nitrogens with zero attached hydrogens (tertiary/aromatic N) is 3. The molecule has 1 N–H and O–H groups in total. The van der Waals surface area contributed by atoms with Crippen LogP contribution < -0.4 is 15.1 Å². The van der Waals surface area contributed by atoms with Crippen LogP contribution in [0.3, 0.4) is 0 Å². The van der Waals surface area contributed by atoms with E-state index >= 15 is 4.39 Å². The molecule has 0 radical (unpaired) electrons. The van der Waals surface area contributed by atoms with Gasteiger partial charge in [0.2, 0.25) is 0 Å². The summed E-state index contributed by atoms with van der Waals surface area (Å²) >= 11 is 0. The van der Waals surface area contributed by atoms with E-state index in [-0.39, 0.29) is 25.5 Å². The molecule has 8 heteroatoms. The van der Waals surface area contributed by atoms with E-state index in [9.17, 15) is 4.79 Å². The molecule has 7 nitrogen and oxygen atoms in total. The summed E-state index contributed by atoms with van der Waals surface area (Å²) in [5.74, 6) is 0.213. The summed E-state index contributed by atoms with van der Waals surface area (Å²) in [6.07, 6.45) is 3.17. The van der Waals surface area contributed by atoms with Crippen molar-refractivity contribution in [2.24, 2.45) is 0 Å². The third-order valence-electron chi connectivity index (χ3n) is 6.81. The van der Waals surface area contributed by atoms with Crippen molar-refractivity contribution in [2.75, 3.05) is 48.5 Å². The van der Waals surface area contributed by atoms with Gasteiger partial charge in [0.1, 0.15) is 5.82 Å². The van der Waals surface area contributed by atoms with E-state index in [0.29, 0.717) is 37.6 Å². The number of methoxy groups -OCH3 is 1. The molecular weight excluding hydrogens is 411 g/mol. The van der Waals surface area contributed by atoms with E-state index in [2.05, 4.69) is 15.2 Å². The zero-order valence-corrected chi connectivity index (χ0v) is 18.3. The Hall–Kier alpha value is -2.71. The van der Waals surface area contributed by atoms with Crippen molar-refractivity contribution in [3.05, 3.63) is 42.1 Å². The number of aromatic nitrogens is 1. The van der Waals surface area contributed by atoms with Crippen molar-refractivity contribution in [3.8, 4) is 0 Å². The van der Waals surface area contributed by atoms with Gasteiger partial charge in [0.15, 0.2) is 5.67 Å². The topological polar surface area (TPSA) is 66.9 Å². The molecule has 2 aliphatic heterocycles. The summed E-state index contributed by atoms with van der Waals surface area (Å²) in [6.45, 7) is 3.18. The lowest BCUT2D eigenvalue weighted by Crippen LogP contribution is -2.48. The number of carbonyl (C=O) groups is 1. The van der Waals surface area contributed by atoms with Crippen LogP contribution in [0.5, 0.6) is 0 Å². The number of rotatable bonds is 3. The van der Waals surface area contributed by atoms with E-state index < -0.39 is 11.6 Å². The molecule has 0 unspecified atom stereocenters. The average molecular weight is 441 g/mol. The van der Waals surface area contributed by atoms with E-state index in [1.807, 2.05) is 30.3 Å². The summed E-state index contributed by atoms with van der Waals surface area (Å²) < 4.78 is 26.9. The van der Waals surface area contributed by atoms with Gasteiger partial charge in [0, 0.05) is 37.6 Å². The summed E-state index contributed by atoms with van der Waals surface area (Å²) in [5, 5.41) is 3.36. The fourth-order valence-corrected chi connectivity index (χ4v) is 4.85. The summed E-state index contributed by atoms with van der Waals surface area (Å²) in [5.41, 5.74) is 1.40. The SMILES string of the molecule is CO[C@H]1CC[C@](F)(C(=O)N2Cc3cccnc3Nc3ccc(N4CCOCC4)cc32)CC1. The van der Waals surface area contributed by atoms with Gasteiger partial charge in [0.25, 0.3) is 5.91 Å². The van der Waals surface area contributed by atoms with Gasteiger partial charge < -0.3 is 24.6 Å². The van der Waals surface area contributed by atoms with Crippen LogP contribution in [0, 0.1) is 0 Å². The molecule has 1 saturated carbocycles. The van der Waals surface area contributed by atoms with Gasteiger partial charge in [0.05, 0.1) is 37.2 Å². The van der Waals surface area contributed by atoms with Crippen molar-refractivity contribution in [2.45, 2.75) is 44.0 Å². The van der Waals surface area contributed by atoms with Gasteiger partial charge >= 0.3 is 0 Å². The van der Waals surface area contributed by atoms with Gasteiger partial charge in [-0.1, -0.05) is 6.07 Å². The quantitative estimate of drug-likeness (QED) is 0.783. The lowest BCUT2D eigenvalue weighted by Gasteiger charge is -2.36. The Morgan fingerprint density at radius 3 is 2.78 bits per heavy atom. The van der Waals surface area contributed by atoms with E-state index in [1.54, 1.807) is 18.2 Å². The fourth-order valence-electron chi connectivity index (χ4n) is 4.85. The normalized spacial score (nSPS) is 25.4. The Morgan fingerprint density at radius 2 is 2.03 bits per heavy atom. The Bertz CT molecular complexity index is 987. The molecule has 0 bridgehead atoms. The van der Waals surface area contributed by atoms with Crippen LogP contribution in [0.2, 0.25) is 0 Å². The minimum Gasteiger partial charge on any atom is -0.381 e. The van der Waals surface area contributed by atoms with Crippen molar-refractivity contribution in [3.63, 3.8) is 0 Å². The minimum atomic E-state index is -1.89. The highest BCUT2D eigenvalue weighted by Crippen LogP contribution is 2.42. The molecule has 0 atom stereocenters. The number of morpholine rings is 1. The van der Waals surface area contributed by atoms with Crippen molar-refractivity contribution >= 4 is 28.8 Å². The standard InChI is InChI=1S/C24H29FN4O3/c1-31-19-6-8-24(25,9-7-19)23(30)29-16-17-3-2-10-26-22(17)27-20-5-4-18(15-21(20)29)28-11-13-32-14-12-28/h2-5,10,15,19H,6-9,11-14,16H2,1H3,(H,26,27)/t19-,24+. The van der Waals surface area contributed by atoms with Crippen LogP contribution in [0.4, 0.5) is 27.3 Å². The van der Waals surface area contributed by atoms with Gasteiger partial charge in [-0.2, -0.15) is 0 Å². The number of hydrogen-bond acceptors (Lipinski definition) is 6. The molecule has 1 saturated heterocycles. The second-order valence-electron chi connectivity index (χ2n) is 8.73. The highest BCUT2D eigenvalue weighted by atomic mass is 19.1. The van der Waals surface area contributed by atoms with E-state index in [0.717, 1.165) is 30.0 Å². The van der Waals surface area contributed by atoms with Crippen molar-refractivity contribution < 1.29 is 18.7 Å². The van der Waals surface area contributed by atoms with Crippen molar-refractivity contribution in [1.29, 1.82) is 0 Å². The van der Waals surface area contributed by atoms with E-state index in [4.69, 9.17) is 9.47 Å². The highest BCUT2D eigenvalue weighted by molar-refractivity contribution is 6.03. The lowest BCUT2D eigenvalue weighted by atomic mass is 9.83. The molecule has 3 heterocycles. The average Bonchev–Trinajstić information content (AvgIpc) is 3.01. The molecule has 1 aromatic carbocycles. The number of amides is 1. The number of fused-ring (bicyclic) bond motifs is 2. The lowest BCUT2D eigenvalue weighted by molar-refractivity contribution is -0.134. The predicted octanol–water partition coefficient (Wildman–Crippen LogP) is 3.81. The molecule has 2 aromatic rings. The Morgan fingerprint density at radius 1 is 1.25 bits per heavy atom. The Labute approximate surface area is 187 Å². The second kappa shape index (κ2) is 8.67. The number of carbonyl (C=O) groups excluding carboxylic acids is 1. The molecule has 32 heavy (non-hydrogen) atoms. The molecule has 1 amide bonds. The predicted molar refractivity (Wildman–Crippen MR) is 121 cm³/mol. The zero-order valence-electron chi connectivity index (χ0n) is 18.3. The summed E-state index contributed by atoms with van der Waals surface area (Å²) in [7, 11) is 1.64. The molecule has 0 spiro atoms. The minimum absolute atomic E-state index is 0.0163. The number of ether oxygens (including phenoxy) is 2. The Balaban J connectivity index is 1.52. The maximum Gasteiger partial charge on any atom is 0.265 e. The maximum absolute atomic E-state index is 16.0. The number of nitrogens with one attached hydrogen (secondary N) is 1.